The molecule has 3 aromatic rings. The molecule has 0 radical (unpaired) electrons. The maximum absolute atomic E-state index is 12.5. The van der Waals surface area contributed by atoms with Gasteiger partial charge in [-0.15, -0.1) is 10.2 Å². The van der Waals surface area contributed by atoms with Gasteiger partial charge >= 0.3 is 5.97 Å². The quantitative estimate of drug-likeness (QED) is 0.319. The third kappa shape index (κ3) is 6.98. The molecule has 0 aliphatic heterocycles. The van der Waals surface area contributed by atoms with Crippen molar-refractivity contribution in [2.75, 3.05) is 18.2 Å². The van der Waals surface area contributed by atoms with E-state index in [1.54, 1.807) is 45.2 Å². The van der Waals surface area contributed by atoms with Gasteiger partial charge in [-0.3, -0.25) is 4.79 Å². The summed E-state index contributed by atoms with van der Waals surface area (Å²) in [6, 6.07) is 13.9. The Morgan fingerprint density at radius 1 is 1.09 bits per heavy atom. The number of carbonyl (C=O) groups is 2. The molecule has 3 rings (SSSR count). The molecule has 0 spiro atoms. The molecule has 1 heterocycles. The summed E-state index contributed by atoms with van der Waals surface area (Å²) in [6.45, 7) is 6.43. The molecular formula is C24H28N4O5S. The van der Waals surface area contributed by atoms with Crippen molar-refractivity contribution in [3.8, 4) is 11.5 Å². The van der Waals surface area contributed by atoms with Gasteiger partial charge < -0.3 is 24.1 Å². The molecule has 0 bridgehead atoms. The van der Waals surface area contributed by atoms with Crippen molar-refractivity contribution in [2.24, 2.45) is 0 Å². The van der Waals surface area contributed by atoms with Gasteiger partial charge in [-0.25, -0.2) is 4.79 Å². The maximum atomic E-state index is 12.5. The van der Waals surface area contributed by atoms with Crippen LogP contribution in [-0.2, 0) is 22.7 Å². The monoisotopic (exact) mass is 484 g/mol. The van der Waals surface area contributed by atoms with E-state index in [1.165, 1.54) is 11.8 Å². The molecule has 0 aliphatic carbocycles. The molecule has 9 nitrogen and oxygen atoms in total. The van der Waals surface area contributed by atoms with E-state index in [0.29, 0.717) is 34.5 Å². The fourth-order valence-corrected chi connectivity index (χ4v) is 3.82. The predicted molar refractivity (Wildman–Crippen MR) is 129 cm³/mol. The number of anilines is 1. The van der Waals surface area contributed by atoms with Crippen molar-refractivity contribution < 1.29 is 23.8 Å². The lowest BCUT2D eigenvalue weighted by Gasteiger charge is -2.10. The molecule has 1 aromatic heterocycles. The van der Waals surface area contributed by atoms with Crippen LogP contribution in [0.3, 0.4) is 0 Å². The minimum atomic E-state index is -0.430. The first-order valence-corrected chi connectivity index (χ1v) is 11.8. The second-order valence-electron chi connectivity index (χ2n) is 7.48. The summed E-state index contributed by atoms with van der Waals surface area (Å²) in [5, 5.41) is 11.8. The van der Waals surface area contributed by atoms with Crippen LogP contribution in [-0.4, -0.2) is 45.6 Å². The first-order chi connectivity index (χ1) is 16.4. The topological polar surface area (TPSA) is 105 Å². The average Bonchev–Trinajstić information content (AvgIpc) is 3.23. The Hall–Kier alpha value is -3.53. The smallest absolute Gasteiger partial charge is 0.338 e. The number of aromatic nitrogens is 3. The molecule has 34 heavy (non-hydrogen) atoms. The van der Waals surface area contributed by atoms with Gasteiger partial charge in [-0.2, -0.15) is 0 Å². The Balaban J connectivity index is 1.55. The van der Waals surface area contributed by atoms with Crippen LogP contribution in [0.15, 0.2) is 53.7 Å². The maximum Gasteiger partial charge on any atom is 0.338 e. The number of thioether (sulfide) groups is 1. The van der Waals surface area contributed by atoms with Gasteiger partial charge in [0.15, 0.2) is 11.0 Å². The van der Waals surface area contributed by atoms with E-state index >= 15 is 0 Å². The number of benzene rings is 2. The third-order valence-corrected chi connectivity index (χ3v) is 5.56. The standard InChI is InChI=1S/C24H28N4O5S/c1-5-28-21(14-32-20-11-9-19(31-4)10-12-20)26-27-24(28)34-15-22(29)25-18-8-6-7-17(13-18)23(30)33-16(2)3/h6-13,16H,5,14-15H2,1-4H3,(H,25,29). The molecule has 1 N–H and O–H groups in total. The highest BCUT2D eigenvalue weighted by Gasteiger charge is 2.15. The Morgan fingerprint density at radius 3 is 2.50 bits per heavy atom. The number of rotatable bonds is 11. The van der Waals surface area contributed by atoms with Gasteiger partial charge in [0.2, 0.25) is 5.91 Å². The van der Waals surface area contributed by atoms with E-state index in [2.05, 4.69) is 15.5 Å². The van der Waals surface area contributed by atoms with Crippen molar-refractivity contribution in [3.05, 3.63) is 59.9 Å². The molecule has 1 amide bonds. The van der Waals surface area contributed by atoms with Gasteiger partial charge in [-0.1, -0.05) is 17.8 Å². The van der Waals surface area contributed by atoms with Crippen LogP contribution in [0.1, 0.15) is 37.0 Å². The number of amides is 1. The van der Waals surface area contributed by atoms with Crippen LogP contribution in [0.25, 0.3) is 0 Å². The molecule has 0 saturated carbocycles. The van der Waals surface area contributed by atoms with E-state index in [0.717, 1.165) is 5.75 Å². The molecular weight excluding hydrogens is 456 g/mol. The zero-order valence-corrected chi connectivity index (χ0v) is 20.4. The lowest BCUT2D eigenvalue weighted by atomic mass is 10.2. The van der Waals surface area contributed by atoms with E-state index < -0.39 is 5.97 Å². The second-order valence-corrected chi connectivity index (χ2v) is 8.42. The molecule has 10 heteroatoms. The number of hydrogen-bond donors (Lipinski definition) is 1. The van der Waals surface area contributed by atoms with Gasteiger partial charge in [0, 0.05) is 12.2 Å². The summed E-state index contributed by atoms with van der Waals surface area (Å²) in [6.07, 6.45) is -0.218. The van der Waals surface area contributed by atoms with Crippen molar-refractivity contribution in [1.29, 1.82) is 0 Å². The minimum Gasteiger partial charge on any atom is -0.497 e. The Morgan fingerprint density at radius 2 is 1.82 bits per heavy atom. The Kier molecular flexibility index (Phi) is 8.92. The van der Waals surface area contributed by atoms with Crippen molar-refractivity contribution in [3.63, 3.8) is 0 Å². The second kappa shape index (κ2) is 12.1. The number of carbonyl (C=O) groups excluding carboxylic acids is 2. The van der Waals surface area contributed by atoms with E-state index in [1.807, 2.05) is 35.8 Å². The molecule has 2 aromatic carbocycles. The number of esters is 1. The molecule has 0 atom stereocenters. The number of methoxy groups -OCH3 is 1. The van der Waals surface area contributed by atoms with Crippen LogP contribution < -0.4 is 14.8 Å². The summed E-state index contributed by atoms with van der Waals surface area (Å²) < 4.78 is 18.1. The van der Waals surface area contributed by atoms with Crippen LogP contribution in [0.2, 0.25) is 0 Å². The molecule has 0 saturated heterocycles. The van der Waals surface area contributed by atoms with Crippen LogP contribution >= 0.6 is 11.8 Å². The minimum absolute atomic E-state index is 0.137. The largest absolute Gasteiger partial charge is 0.497 e. The van der Waals surface area contributed by atoms with Crippen molar-refractivity contribution in [2.45, 2.75) is 45.2 Å². The predicted octanol–water partition coefficient (Wildman–Crippen LogP) is 4.18. The van der Waals surface area contributed by atoms with Gasteiger partial charge in [-0.05, 0) is 63.2 Å². The number of ether oxygens (including phenoxy) is 3. The number of hydrogen-bond acceptors (Lipinski definition) is 8. The third-order valence-electron chi connectivity index (χ3n) is 4.59. The summed E-state index contributed by atoms with van der Waals surface area (Å²) in [4.78, 5) is 24.6. The van der Waals surface area contributed by atoms with Gasteiger partial charge in [0.25, 0.3) is 0 Å². The fourth-order valence-electron chi connectivity index (χ4n) is 3.00. The van der Waals surface area contributed by atoms with Crippen molar-refractivity contribution >= 4 is 29.3 Å². The molecule has 0 fully saturated rings. The highest BCUT2D eigenvalue weighted by molar-refractivity contribution is 7.99. The summed E-state index contributed by atoms with van der Waals surface area (Å²) >= 11 is 1.28. The van der Waals surface area contributed by atoms with E-state index in [4.69, 9.17) is 14.2 Å². The van der Waals surface area contributed by atoms with Crippen LogP contribution in [0.5, 0.6) is 11.5 Å². The average molecular weight is 485 g/mol. The van der Waals surface area contributed by atoms with E-state index in [9.17, 15) is 9.59 Å². The van der Waals surface area contributed by atoms with Crippen LogP contribution in [0.4, 0.5) is 5.69 Å². The van der Waals surface area contributed by atoms with Crippen LogP contribution in [0, 0.1) is 0 Å². The SMILES string of the molecule is CCn1c(COc2ccc(OC)cc2)nnc1SCC(=O)Nc1cccc(C(=O)OC(C)C)c1. The zero-order valence-electron chi connectivity index (χ0n) is 19.6. The highest BCUT2D eigenvalue weighted by atomic mass is 32.2. The van der Waals surface area contributed by atoms with Gasteiger partial charge in [0.05, 0.1) is 24.5 Å². The Labute approximate surface area is 202 Å². The normalized spacial score (nSPS) is 10.7. The lowest BCUT2D eigenvalue weighted by Crippen LogP contribution is -2.16. The van der Waals surface area contributed by atoms with E-state index in [-0.39, 0.29) is 24.4 Å². The fraction of sp³-hybridized carbons (Fsp3) is 0.333. The lowest BCUT2D eigenvalue weighted by molar-refractivity contribution is -0.113. The number of nitrogens with one attached hydrogen (secondary N) is 1. The number of nitrogens with zero attached hydrogens (tertiary/aromatic N) is 3. The zero-order chi connectivity index (χ0) is 24.5. The summed E-state index contributed by atoms with van der Waals surface area (Å²) in [5.41, 5.74) is 0.903. The molecule has 0 unspecified atom stereocenters. The van der Waals surface area contributed by atoms with Crippen molar-refractivity contribution in [1.82, 2.24) is 14.8 Å². The summed E-state index contributed by atoms with van der Waals surface area (Å²) in [7, 11) is 1.61. The van der Waals surface area contributed by atoms with Gasteiger partial charge in [0.1, 0.15) is 18.1 Å². The first kappa shape index (κ1) is 25.1. The Bertz CT molecular complexity index is 1110. The highest BCUT2D eigenvalue weighted by Crippen LogP contribution is 2.21. The molecule has 180 valence electrons. The molecule has 0 aliphatic rings. The summed E-state index contributed by atoms with van der Waals surface area (Å²) in [5.74, 6) is 1.60. The first-order valence-electron chi connectivity index (χ1n) is 10.8.